The lowest BCUT2D eigenvalue weighted by molar-refractivity contribution is -0.141. The molecule has 0 saturated heterocycles. The molecular formula is C32H40N2O4Si. The van der Waals surface area contributed by atoms with Gasteiger partial charge in [0.15, 0.2) is 0 Å². The van der Waals surface area contributed by atoms with E-state index in [4.69, 9.17) is 4.74 Å². The molecule has 2 unspecified atom stereocenters. The van der Waals surface area contributed by atoms with Gasteiger partial charge in [-0.05, 0) is 43.5 Å². The first-order chi connectivity index (χ1) is 18.6. The number of rotatable bonds is 12. The monoisotopic (exact) mass is 544 g/mol. The van der Waals surface area contributed by atoms with Crippen molar-refractivity contribution in [1.82, 2.24) is 10.6 Å². The smallest absolute Gasteiger partial charge is 0.307 e. The molecule has 0 spiro atoms. The van der Waals surface area contributed by atoms with Crippen LogP contribution in [0.1, 0.15) is 52.9 Å². The molecule has 6 nitrogen and oxygen atoms in total. The van der Waals surface area contributed by atoms with Gasteiger partial charge in [-0.25, -0.2) is 0 Å². The second kappa shape index (κ2) is 13.9. The van der Waals surface area contributed by atoms with Crippen LogP contribution >= 0.6 is 0 Å². The van der Waals surface area contributed by atoms with Crippen molar-refractivity contribution in [2.45, 2.75) is 64.3 Å². The SMILES string of the molecule is COC(=O)CC(NC(=O)C(C)NC(=O)c1ccccc1)c1ccc([Si](C)(C)CCCc2ccc(C)cc2)cc1. The van der Waals surface area contributed by atoms with Gasteiger partial charge in [-0.1, -0.05) is 103 Å². The Bertz CT molecular complexity index is 1240. The number of amides is 2. The molecule has 0 saturated carbocycles. The van der Waals surface area contributed by atoms with Crippen LogP contribution in [0.5, 0.6) is 0 Å². The van der Waals surface area contributed by atoms with Gasteiger partial charge < -0.3 is 15.4 Å². The summed E-state index contributed by atoms with van der Waals surface area (Å²) >= 11 is 0. The lowest BCUT2D eigenvalue weighted by atomic mass is 10.0. The third-order valence-electron chi connectivity index (χ3n) is 7.17. The minimum Gasteiger partial charge on any atom is -0.469 e. The highest BCUT2D eigenvalue weighted by Crippen LogP contribution is 2.20. The molecule has 2 amide bonds. The molecule has 39 heavy (non-hydrogen) atoms. The van der Waals surface area contributed by atoms with E-state index >= 15 is 0 Å². The third kappa shape index (κ3) is 8.92. The first kappa shape index (κ1) is 29.8. The second-order valence-electron chi connectivity index (χ2n) is 10.7. The number of benzene rings is 3. The first-order valence-electron chi connectivity index (χ1n) is 13.5. The van der Waals surface area contributed by atoms with Gasteiger partial charge in [-0.3, -0.25) is 14.4 Å². The molecule has 0 bridgehead atoms. The highest BCUT2D eigenvalue weighted by Gasteiger charge is 2.26. The molecular weight excluding hydrogens is 504 g/mol. The minimum absolute atomic E-state index is 0.00168. The molecule has 2 atom stereocenters. The Hall–Kier alpha value is -3.71. The molecule has 7 heteroatoms. The Kier molecular flexibility index (Phi) is 10.6. The highest BCUT2D eigenvalue weighted by atomic mass is 28.3. The van der Waals surface area contributed by atoms with Crippen LogP contribution in [0.2, 0.25) is 19.1 Å². The van der Waals surface area contributed by atoms with Crippen molar-refractivity contribution in [3.05, 3.63) is 101 Å². The maximum atomic E-state index is 13.0. The number of aryl methyl sites for hydroxylation is 2. The van der Waals surface area contributed by atoms with Gasteiger partial charge in [-0.2, -0.15) is 0 Å². The predicted octanol–water partition coefficient (Wildman–Crippen LogP) is 5.08. The molecule has 0 aliphatic carbocycles. The van der Waals surface area contributed by atoms with Crippen molar-refractivity contribution in [3.63, 3.8) is 0 Å². The fourth-order valence-electron chi connectivity index (χ4n) is 4.53. The average molecular weight is 545 g/mol. The van der Waals surface area contributed by atoms with E-state index in [1.807, 2.05) is 18.2 Å². The molecule has 0 heterocycles. The van der Waals surface area contributed by atoms with Crippen LogP contribution in [0.15, 0.2) is 78.9 Å². The standard InChI is InChI=1S/C32H40N2O4Si/c1-23-13-15-25(16-14-23)10-9-21-39(4,5)28-19-17-26(18-20-28)29(22-30(35)38-3)34-31(36)24(2)33-32(37)27-11-7-6-8-12-27/h6-8,11-20,24,29H,9-10,21-22H2,1-5H3,(H,33,37)(H,34,36). The summed E-state index contributed by atoms with van der Waals surface area (Å²) < 4.78 is 4.88. The number of hydrogen-bond donors (Lipinski definition) is 2. The lowest BCUT2D eigenvalue weighted by Gasteiger charge is -2.25. The van der Waals surface area contributed by atoms with Crippen molar-refractivity contribution >= 4 is 31.0 Å². The fraction of sp³-hybridized carbons (Fsp3) is 0.344. The summed E-state index contributed by atoms with van der Waals surface area (Å²) in [5.41, 5.74) is 3.95. The van der Waals surface area contributed by atoms with Crippen LogP contribution in [-0.2, 0) is 20.7 Å². The van der Waals surface area contributed by atoms with Crippen LogP contribution in [0, 0.1) is 6.92 Å². The van der Waals surface area contributed by atoms with Gasteiger partial charge in [0.05, 0.1) is 27.6 Å². The van der Waals surface area contributed by atoms with E-state index in [2.05, 4.69) is 67.0 Å². The molecule has 3 aromatic carbocycles. The van der Waals surface area contributed by atoms with Gasteiger partial charge in [0, 0.05) is 5.56 Å². The molecule has 0 aliphatic heterocycles. The predicted molar refractivity (Wildman–Crippen MR) is 159 cm³/mol. The van der Waals surface area contributed by atoms with Crippen LogP contribution in [0.3, 0.4) is 0 Å². The first-order valence-corrected chi connectivity index (χ1v) is 16.7. The minimum atomic E-state index is -1.67. The maximum absolute atomic E-state index is 13.0. The van der Waals surface area contributed by atoms with E-state index in [1.54, 1.807) is 31.2 Å². The van der Waals surface area contributed by atoms with Crippen LogP contribution < -0.4 is 15.8 Å². The molecule has 206 valence electrons. The maximum Gasteiger partial charge on any atom is 0.307 e. The largest absolute Gasteiger partial charge is 0.469 e. The van der Waals surface area contributed by atoms with Crippen LogP contribution in [0.4, 0.5) is 0 Å². The number of carbonyl (C=O) groups is 3. The summed E-state index contributed by atoms with van der Waals surface area (Å²) in [4.78, 5) is 37.6. The molecule has 0 aliphatic rings. The topological polar surface area (TPSA) is 84.5 Å². The van der Waals surface area contributed by atoms with E-state index in [-0.39, 0.29) is 18.2 Å². The number of nitrogens with one attached hydrogen (secondary N) is 2. The quantitative estimate of drug-likeness (QED) is 0.246. The fourth-order valence-corrected chi connectivity index (χ4v) is 6.95. The zero-order valence-corrected chi connectivity index (χ0v) is 24.6. The van der Waals surface area contributed by atoms with E-state index in [0.29, 0.717) is 5.56 Å². The van der Waals surface area contributed by atoms with Gasteiger partial charge in [-0.15, -0.1) is 0 Å². The van der Waals surface area contributed by atoms with Gasteiger partial charge in [0.25, 0.3) is 5.91 Å². The number of carbonyl (C=O) groups excluding carboxylic acids is 3. The van der Waals surface area contributed by atoms with Gasteiger partial charge in [0.2, 0.25) is 5.91 Å². The molecule has 2 N–H and O–H groups in total. The van der Waals surface area contributed by atoms with Crippen molar-refractivity contribution in [2.75, 3.05) is 7.11 Å². The Morgan fingerprint density at radius 3 is 2.13 bits per heavy atom. The van der Waals surface area contributed by atoms with E-state index in [1.165, 1.54) is 29.5 Å². The Labute approximate surface area is 233 Å². The third-order valence-corrected chi connectivity index (χ3v) is 10.7. The Morgan fingerprint density at radius 1 is 0.872 bits per heavy atom. The van der Waals surface area contributed by atoms with E-state index in [9.17, 15) is 14.4 Å². The number of ether oxygens (including phenoxy) is 1. The van der Waals surface area contributed by atoms with Gasteiger partial charge in [0.1, 0.15) is 6.04 Å². The van der Waals surface area contributed by atoms with E-state index in [0.717, 1.165) is 18.4 Å². The highest BCUT2D eigenvalue weighted by molar-refractivity contribution is 6.89. The summed E-state index contributed by atoms with van der Waals surface area (Å²) in [5.74, 6) is -1.12. The Balaban J connectivity index is 1.64. The summed E-state index contributed by atoms with van der Waals surface area (Å²) in [6.07, 6.45) is 2.21. The zero-order valence-electron chi connectivity index (χ0n) is 23.6. The molecule has 0 aromatic heterocycles. The molecule has 0 fully saturated rings. The number of methoxy groups -OCH3 is 1. The van der Waals surface area contributed by atoms with Crippen molar-refractivity contribution < 1.29 is 19.1 Å². The van der Waals surface area contributed by atoms with Gasteiger partial charge >= 0.3 is 5.97 Å². The summed E-state index contributed by atoms with van der Waals surface area (Å²) in [5, 5.41) is 6.98. The number of hydrogen-bond acceptors (Lipinski definition) is 4. The van der Waals surface area contributed by atoms with Crippen molar-refractivity contribution in [2.24, 2.45) is 0 Å². The average Bonchev–Trinajstić information content (AvgIpc) is 2.94. The molecule has 3 aromatic rings. The van der Waals surface area contributed by atoms with Crippen LogP contribution in [-0.4, -0.2) is 39.0 Å². The Morgan fingerprint density at radius 2 is 1.51 bits per heavy atom. The number of esters is 1. The normalized spacial score (nSPS) is 12.7. The van der Waals surface area contributed by atoms with E-state index < -0.39 is 26.1 Å². The summed E-state index contributed by atoms with van der Waals surface area (Å²) in [6, 6.07) is 25.5. The summed E-state index contributed by atoms with van der Waals surface area (Å²) in [6.45, 7) is 8.48. The lowest BCUT2D eigenvalue weighted by Crippen LogP contribution is -2.46. The zero-order chi connectivity index (χ0) is 28.4. The molecule has 0 radical (unpaired) electrons. The summed E-state index contributed by atoms with van der Waals surface area (Å²) in [7, 11) is -0.337. The van der Waals surface area contributed by atoms with Crippen molar-refractivity contribution in [1.29, 1.82) is 0 Å². The molecule has 3 rings (SSSR count). The second-order valence-corrected chi connectivity index (χ2v) is 15.6. The van der Waals surface area contributed by atoms with Crippen LogP contribution in [0.25, 0.3) is 0 Å². The van der Waals surface area contributed by atoms with Crippen molar-refractivity contribution in [3.8, 4) is 0 Å².